The highest BCUT2D eigenvalue weighted by molar-refractivity contribution is 8.00. The molecular weight excluding hydrogens is 384 g/mol. The van der Waals surface area contributed by atoms with Gasteiger partial charge in [0.15, 0.2) is 0 Å². The molecule has 2 aromatic carbocycles. The largest absolute Gasteiger partial charge is 0.457 e. The standard InChI is InChI=1S/C22H20N4O2S/c1-14-5-4-6-19(11-14)28-18-9-7-17(8-10-18)26-21(27)13-29-22-20(12-23)15(2)24-16(3)25-22/h4-11H,13H2,1-3H3,(H,26,27). The van der Waals surface area contributed by atoms with E-state index in [0.29, 0.717) is 33.5 Å². The topological polar surface area (TPSA) is 87.9 Å². The molecule has 0 saturated heterocycles. The molecule has 0 aliphatic carbocycles. The molecule has 1 N–H and O–H groups in total. The summed E-state index contributed by atoms with van der Waals surface area (Å²) in [5, 5.41) is 12.6. The minimum atomic E-state index is -0.180. The second-order valence-corrected chi connectivity index (χ2v) is 7.39. The summed E-state index contributed by atoms with van der Waals surface area (Å²) >= 11 is 1.22. The number of anilines is 1. The predicted octanol–water partition coefficient (Wildman–Crippen LogP) is 4.80. The van der Waals surface area contributed by atoms with Gasteiger partial charge in [0.05, 0.1) is 11.4 Å². The van der Waals surface area contributed by atoms with Crippen molar-refractivity contribution in [3.63, 3.8) is 0 Å². The van der Waals surface area contributed by atoms with Gasteiger partial charge in [-0.3, -0.25) is 4.79 Å². The highest BCUT2D eigenvalue weighted by Crippen LogP contribution is 2.25. The molecule has 6 nitrogen and oxygen atoms in total. The molecule has 0 spiro atoms. The van der Waals surface area contributed by atoms with Gasteiger partial charge in [0.25, 0.3) is 0 Å². The maximum Gasteiger partial charge on any atom is 0.234 e. The number of benzene rings is 2. The molecule has 1 amide bonds. The van der Waals surface area contributed by atoms with E-state index in [-0.39, 0.29) is 11.7 Å². The van der Waals surface area contributed by atoms with Crippen LogP contribution in [0.15, 0.2) is 53.6 Å². The van der Waals surface area contributed by atoms with Crippen molar-refractivity contribution < 1.29 is 9.53 Å². The summed E-state index contributed by atoms with van der Waals surface area (Å²) in [4.78, 5) is 20.7. The first-order valence-electron chi connectivity index (χ1n) is 8.97. The molecule has 0 aliphatic heterocycles. The van der Waals surface area contributed by atoms with E-state index in [1.807, 2.05) is 31.2 Å². The summed E-state index contributed by atoms with van der Waals surface area (Å²) in [6, 6.07) is 17.1. The first-order valence-corrected chi connectivity index (χ1v) is 9.96. The third-order valence-corrected chi connectivity index (χ3v) is 4.96. The Bertz CT molecular complexity index is 1080. The summed E-state index contributed by atoms with van der Waals surface area (Å²) in [6.45, 7) is 5.53. The van der Waals surface area contributed by atoms with Crippen molar-refractivity contribution in [2.45, 2.75) is 25.8 Å². The van der Waals surface area contributed by atoms with E-state index in [0.717, 1.165) is 11.3 Å². The number of hydrogen-bond donors (Lipinski definition) is 1. The zero-order valence-electron chi connectivity index (χ0n) is 16.4. The molecule has 3 aromatic rings. The van der Waals surface area contributed by atoms with Crippen LogP contribution >= 0.6 is 11.8 Å². The molecule has 146 valence electrons. The molecule has 0 radical (unpaired) electrons. The van der Waals surface area contributed by atoms with Crippen molar-refractivity contribution in [1.82, 2.24) is 9.97 Å². The lowest BCUT2D eigenvalue weighted by atomic mass is 10.2. The third kappa shape index (κ3) is 5.56. The normalized spacial score (nSPS) is 10.3. The van der Waals surface area contributed by atoms with Gasteiger partial charge in [0, 0.05) is 5.69 Å². The number of carbonyl (C=O) groups is 1. The number of hydrogen-bond acceptors (Lipinski definition) is 6. The average molecular weight is 404 g/mol. The summed E-state index contributed by atoms with van der Waals surface area (Å²) in [5.74, 6) is 2.00. The Morgan fingerprint density at radius 3 is 2.55 bits per heavy atom. The van der Waals surface area contributed by atoms with Gasteiger partial charge in [-0.25, -0.2) is 9.97 Å². The van der Waals surface area contributed by atoms with Crippen LogP contribution in [-0.4, -0.2) is 21.6 Å². The van der Waals surface area contributed by atoms with Gasteiger partial charge in [-0.2, -0.15) is 5.26 Å². The Balaban J connectivity index is 1.58. The molecule has 7 heteroatoms. The number of aromatic nitrogens is 2. The van der Waals surface area contributed by atoms with Crippen molar-refractivity contribution in [1.29, 1.82) is 5.26 Å². The first kappa shape index (κ1) is 20.4. The molecule has 0 unspecified atom stereocenters. The van der Waals surface area contributed by atoms with Crippen LogP contribution in [0.2, 0.25) is 0 Å². The van der Waals surface area contributed by atoms with E-state index in [1.165, 1.54) is 11.8 Å². The van der Waals surface area contributed by atoms with Crippen LogP contribution in [0, 0.1) is 32.1 Å². The minimum absolute atomic E-state index is 0.145. The van der Waals surface area contributed by atoms with E-state index in [1.54, 1.807) is 38.1 Å². The summed E-state index contributed by atoms with van der Waals surface area (Å²) in [6.07, 6.45) is 0. The molecule has 3 rings (SSSR count). The van der Waals surface area contributed by atoms with Crippen LogP contribution in [0.4, 0.5) is 5.69 Å². The molecule has 0 fully saturated rings. The molecule has 0 bridgehead atoms. The minimum Gasteiger partial charge on any atom is -0.457 e. The van der Waals surface area contributed by atoms with Gasteiger partial charge in [-0.1, -0.05) is 23.9 Å². The number of aryl methyl sites for hydroxylation is 3. The van der Waals surface area contributed by atoms with E-state index < -0.39 is 0 Å². The quantitative estimate of drug-likeness (QED) is 0.469. The molecule has 0 atom stereocenters. The fourth-order valence-corrected chi connectivity index (χ4v) is 3.54. The fraction of sp³-hybridized carbons (Fsp3) is 0.182. The van der Waals surface area contributed by atoms with E-state index in [4.69, 9.17) is 4.74 Å². The Hall–Kier alpha value is -3.37. The van der Waals surface area contributed by atoms with E-state index >= 15 is 0 Å². The van der Waals surface area contributed by atoms with Crippen LogP contribution in [0.25, 0.3) is 0 Å². The molecule has 1 aromatic heterocycles. The lowest BCUT2D eigenvalue weighted by Gasteiger charge is -2.09. The van der Waals surface area contributed by atoms with Gasteiger partial charge in [-0.15, -0.1) is 0 Å². The molecule has 0 saturated carbocycles. The van der Waals surface area contributed by atoms with Crippen molar-refractivity contribution in [2.24, 2.45) is 0 Å². The highest BCUT2D eigenvalue weighted by Gasteiger charge is 2.12. The van der Waals surface area contributed by atoms with Crippen molar-refractivity contribution in [2.75, 3.05) is 11.1 Å². The smallest absolute Gasteiger partial charge is 0.234 e. The number of carbonyl (C=O) groups excluding carboxylic acids is 1. The molecule has 29 heavy (non-hydrogen) atoms. The monoisotopic (exact) mass is 404 g/mol. The first-order chi connectivity index (χ1) is 13.9. The molecule has 0 aliphatic rings. The van der Waals surface area contributed by atoms with Gasteiger partial charge in [0.2, 0.25) is 5.91 Å². The number of amides is 1. The maximum atomic E-state index is 12.3. The number of rotatable bonds is 6. The lowest BCUT2D eigenvalue weighted by Crippen LogP contribution is -2.14. The summed E-state index contributed by atoms with van der Waals surface area (Å²) < 4.78 is 5.81. The van der Waals surface area contributed by atoms with Gasteiger partial charge in [0.1, 0.15) is 34.0 Å². The lowest BCUT2D eigenvalue weighted by molar-refractivity contribution is -0.113. The van der Waals surface area contributed by atoms with Crippen LogP contribution in [-0.2, 0) is 4.79 Å². The summed E-state index contributed by atoms with van der Waals surface area (Å²) in [7, 11) is 0. The second kappa shape index (κ2) is 9.22. The van der Waals surface area contributed by atoms with E-state index in [9.17, 15) is 10.1 Å². The van der Waals surface area contributed by atoms with Crippen LogP contribution in [0.5, 0.6) is 11.5 Å². The zero-order chi connectivity index (χ0) is 20.8. The van der Waals surface area contributed by atoms with Crippen molar-refractivity contribution in [3.8, 4) is 17.6 Å². The number of ether oxygens (including phenoxy) is 1. The summed E-state index contributed by atoms with van der Waals surface area (Å²) in [5.41, 5.74) is 2.82. The maximum absolute atomic E-state index is 12.3. The van der Waals surface area contributed by atoms with Crippen LogP contribution in [0.3, 0.4) is 0 Å². The van der Waals surface area contributed by atoms with Crippen LogP contribution in [0.1, 0.15) is 22.6 Å². The SMILES string of the molecule is Cc1cccc(Oc2ccc(NC(=O)CSc3nc(C)nc(C)c3C#N)cc2)c1. The van der Waals surface area contributed by atoms with Crippen LogP contribution < -0.4 is 10.1 Å². The van der Waals surface area contributed by atoms with Gasteiger partial charge in [-0.05, 0) is 62.7 Å². The Kier molecular flexibility index (Phi) is 6.47. The number of nitrogens with one attached hydrogen (secondary N) is 1. The second-order valence-electron chi connectivity index (χ2n) is 6.43. The molecule has 1 heterocycles. The van der Waals surface area contributed by atoms with Gasteiger partial charge >= 0.3 is 0 Å². The number of nitrogens with zero attached hydrogens (tertiary/aromatic N) is 3. The number of nitriles is 1. The number of thioether (sulfide) groups is 1. The van der Waals surface area contributed by atoms with E-state index in [2.05, 4.69) is 21.4 Å². The average Bonchev–Trinajstić information content (AvgIpc) is 2.67. The fourth-order valence-electron chi connectivity index (χ4n) is 2.67. The third-order valence-electron chi connectivity index (χ3n) is 3.98. The Morgan fingerprint density at radius 2 is 1.86 bits per heavy atom. The Morgan fingerprint density at radius 1 is 1.10 bits per heavy atom. The highest BCUT2D eigenvalue weighted by atomic mass is 32.2. The van der Waals surface area contributed by atoms with Crippen molar-refractivity contribution >= 4 is 23.4 Å². The predicted molar refractivity (Wildman–Crippen MR) is 113 cm³/mol. The van der Waals surface area contributed by atoms with Crippen molar-refractivity contribution in [3.05, 3.63) is 71.2 Å². The van der Waals surface area contributed by atoms with Gasteiger partial charge < -0.3 is 10.1 Å². The Labute approximate surface area is 174 Å². The zero-order valence-corrected chi connectivity index (χ0v) is 17.2. The molecular formula is C22H20N4O2S.